The lowest BCUT2D eigenvalue weighted by atomic mass is 10.0. The molecule has 1 N–H and O–H groups in total. The SMILES string of the molecule is COc1cc(OC)cc([C@@H](O)c2ccc([N+](=O)[O-])c(OC)c2)c1. The van der Waals surface area contributed by atoms with Gasteiger partial charge in [-0.15, -0.1) is 0 Å². The van der Waals surface area contributed by atoms with Crippen LogP contribution in [0.15, 0.2) is 36.4 Å². The van der Waals surface area contributed by atoms with Crippen LogP contribution in [0.2, 0.25) is 0 Å². The van der Waals surface area contributed by atoms with E-state index in [1.807, 2.05) is 0 Å². The minimum Gasteiger partial charge on any atom is -0.497 e. The molecule has 7 heteroatoms. The van der Waals surface area contributed by atoms with Crippen molar-refractivity contribution in [3.05, 3.63) is 57.6 Å². The van der Waals surface area contributed by atoms with Crippen molar-refractivity contribution in [1.29, 1.82) is 0 Å². The lowest BCUT2D eigenvalue weighted by molar-refractivity contribution is -0.385. The Morgan fingerprint density at radius 1 is 0.957 bits per heavy atom. The molecule has 0 aromatic heterocycles. The molecule has 7 nitrogen and oxygen atoms in total. The van der Waals surface area contributed by atoms with Gasteiger partial charge in [-0.1, -0.05) is 0 Å². The van der Waals surface area contributed by atoms with E-state index < -0.39 is 11.0 Å². The molecule has 2 aromatic rings. The largest absolute Gasteiger partial charge is 0.497 e. The van der Waals surface area contributed by atoms with Gasteiger partial charge in [-0.05, 0) is 35.4 Å². The third-order valence-electron chi connectivity index (χ3n) is 3.41. The highest BCUT2D eigenvalue weighted by Crippen LogP contribution is 2.34. The first kappa shape index (κ1) is 16.6. The first-order valence-electron chi connectivity index (χ1n) is 6.73. The van der Waals surface area contributed by atoms with Gasteiger partial charge in [0.05, 0.1) is 26.3 Å². The van der Waals surface area contributed by atoms with Gasteiger partial charge in [-0.25, -0.2) is 0 Å². The number of methoxy groups -OCH3 is 3. The molecule has 0 heterocycles. The second-order valence-electron chi connectivity index (χ2n) is 4.74. The van der Waals surface area contributed by atoms with Crippen LogP contribution in [0.25, 0.3) is 0 Å². The van der Waals surface area contributed by atoms with Crippen molar-refractivity contribution in [2.45, 2.75) is 6.10 Å². The third kappa shape index (κ3) is 3.51. The molecule has 0 saturated carbocycles. The summed E-state index contributed by atoms with van der Waals surface area (Å²) < 4.78 is 15.4. The normalized spacial score (nSPS) is 11.7. The van der Waals surface area contributed by atoms with Crippen molar-refractivity contribution in [2.75, 3.05) is 21.3 Å². The predicted molar refractivity (Wildman–Crippen MR) is 83.3 cm³/mol. The Bertz CT molecular complexity index is 693. The fraction of sp³-hybridized carbons (Fsp3) is 0.250. The molecular formula is C16H17NO6. The molecule has 0 aliphatic heterocycles. The van der Waals surface area contributed by atoms with Gasteiger partial charge in [0.2, 0.25) is 0 Å². The van der Waals surface area contributed by atoms with E-state index in [0.29, 0.717) is 22.6 Å². The molecule has 0 amide bonds. The summed E-state index contributed by atoms with van der Waals surface area (Å²) in [5, 5.41) is 21.5. The maximum atomic E-state index is 10.9. The van der Waals surface area contributed by atoms with E-state index in [1.54, 1.807) is 18.2 Å². The van der Waals surface area contributed by atoms with Crippen molar-refractivity contribution in [1.82, 2.24) is 0 Å². The van der Waals surface area contributed by atoms with E-state index in [0.717, 1.165) is 0 Å². The van der Waals surface area contributed by atoms with Gasteiger partial charge in [0, 0.05) is 12.1 Å². The number of hydrogen-bond donors (Lipinski definition) is 1. The minimum absolute atomic E-state index is 0.0846. The standard InChI is InChI=1S/C16H17NO6/c1-21-12-6-11(7-13(9-12)22-2)16(18)10-4-5-14(17(19)20)15(8-10)23-3/h4-9,16,18H,1-3H3/t16-/m0/s1. The zero-order valence-corrected chi connectivity index (χ0v) is 13.0. The maximum absolute atomic E-state index is 10.9. The van der Waals surface area contributed by atoms with Crippen LogP contribution in [0.3, 0.4) is 0 Å². The lowest BCUT2D eigenvalue weighted by Gasteiger charge is -2.15. The first-order chi connectivity index (χ1) is 11.0. The summed E-state index contributed by atoms with van der Waals surface area (Å²) in [6, 6.07) is 9.25. The summed E-state index contributed by atoms with van der Waals surface area (Å²) >= 11 is 0. The molecule has 122 valence electrons. The van der Waals surface area contributed by atoms with Crippen molar-refractivity contribution >= 4 is 5.69 Å². The number of nitro groups is 1. The third-order valence-corrected chi connectivity index (χ3v) is 3.41. The molecule has 23 heavy (non-hydrogen) atoms. The number of hydrogen-bond acceptors (Lipinski definition) is 6. The van der Waals surface area contributed by atoms with E-state index >= 15 is 0 Å². The quantitative estimate of drug-likeness (QED) is 0.650. The Kier molecular flexibility index (Phi) is 5.02. The Hall–Kier alpha value is -2.80. The van der Waals surface area contributed by atoms with Crippen LogP contribution in [-0.4, -0.2) is 31.4 Å². The summed E-state index contributed by atoms with van der Waals surface area (Å²) in [5.41, 5.74) is 0.839. The predicted octanol–water partition coefficient (Wildman–Crippen LogP) is 2.70. The van der Waals surface area contributed by atoms with E-state index in [4.69, 9.17) is 14.2 Å². The van der Waals surface area contributed by atoms with Crippen LogP contribution in [0.1, 0.15) is 17.2 Å². The van der Waals surface area contributed by atoms with E-state index in [-0.39, 0.29) is 11.4 Å². The number of nitro benzene ring substituents is 1. The first-order valence-corrected chi connectivity index (χ1v) is 6.73. The fourth-order valence-electron chi connectivity index (χ4n) is 2.19. The lowest BCUT2D eigenvalue weighted by Crippen LogP contribution is -2.03. The summed E-state index contributed by atoms with van der Waals surface area (Å²) in [6.45, 7) is 0. The molecule has 0 bridgehead atoms. The molecular weight excluding hydrogens is 302 g/mol. The van der Waals surface area contributed by atoms with Crippen molar-refractivity contribution in [3.63, 3.8) is 0 Å². The Morgan fingerprint density at radius 2 is 1.57 bits per heavy atom. The molecule has 0 saturated heterocycles. The highest BCUT2D eigenvalue weighted by atomic mass is 16.6. The number of rotatable bonds is 6. The molecule has 2 aromatic carbocycles. The van der Waals surface area contributed by atoms with Gasteiger partial charge < -0.3 is 19.3 Å². The zero-order chi connectivity index (χ0) is 17.0. The van der Waals surface area contributed by atoms with Gasteiger partial charge in [0.15, 0.2) is 5.75 Å². The van der Waals surface area contributed by atoms with Crippen LogP contribution in [0, 0.1) is 10.1 Å². The molecule has 2 rings (SSSR count). The number of nitrogens with zero attached hydrogens (tertiary/aromatic N) is 1. The summed E-state index contributed by atoms with van der Waals surface area (Å²) in [4.78, 5) is 10.4. The molecule has 0 spiro atoms. The number of aliphatic hydroxyl groups is 1. The average molecular weight is 319 g/mol. The molecule has 0 aliphatic rings. The topological polar surface area (TPSA) is 91.1 Å². The van der Waals surface area contributed by atoms with Gasteiger partial charge in [0.25, 0.3) is 0 Å². The van der Waals surface area contributed by atoms with E-state index in [1.165, 1.54) is 39.5 Å². The average Bonchev–Trinajstić information content (AvgIpc) is 2.59. The molecule has 0 aliphatic carbocycles. The number of ether oxygens (including phenoxy) is 3. The van der Waals surface area contributed by atoms with Crippen molar-refractivity contribution < 1.29 is 24.2 Å². The summed E-state index contributed by atoms with van der Waals surface area (Å²) in [6.07, 6.45) is -1.01. The highest BCUT2D eigenvalue weighted by Gasteiger charge is 2.19. The number of aliphatic hydroxyl groups excluding tert-OH is 1. The Balaban J connectivity index is 2.44. The second-order valence-corrected chi connectivity index (χ2v) is 4.74. The van der Waals surface area contributed by atoms with Gasteiger partial charge in [0.1, 0.15) is 17.6 Å². The molecule has 0 fully saturated rings. The molecule has 0 radical (unpaired) electrons. The van der Waals surface area contributed by atoms with Crippen LogP contribution in [0.4, 0.5) is 5.69 Å². The Morgan fingerprint density at radius 3 is 2.04 bits per heavy atom. The zero-order valence-electron chi connectivity index (χ0n) is 13.0. The smallest absolute Gasteiger partial charge is 0.310 e. The summed E-state index contributed by atoms with van der Waals surface area (Å²) in [5.74, 6) is 1.15. The van der Waals surface area contributed by atoms with E-state index in [9.17, 15) is 15.2 Å². The Labute approximate surface area is 133 Å². The molecule has 1 atom stereocenters. The molecule has 0 unspecified atom stereocenters. The fourth-order valence-corrected chi connectivity index (χ4v) is 2.19. The van der Waals surface area contributed by atoms with Crippen LogP contribution >= 0.6 is 0 Å². The monoisotopic (exact) mass is 319 g/mol. The van der Waals surface area contributed by atoms with Crippen molar-refractivity contribution in [3.8, 4) is 17.2 Å². The van der Waals surface area contributed by atoms with Crippen LogP contribution in [0.5, 0.6) is 17.2 Å². The maximum Gasteiger partial charge on any atom is 0.310 e. The van der Waals surface area contributed by atoms with E-state index in [2.05, 4.69) is 0 Å². The van der Waals surface area contributed by atoms with Gasteiger partial charge in [-0.3, -0.25) is 10.1 Å². The number of benzene rings is 2. The van der Waals surface area contributed by atoms with Gasteiger partial charge >= 0.3 is 5.69 Å². The summed E-state index contributed by atoms with van der Waals surface area (Å²) in [7, 11) is 4.37. The van der Waals surface area contributed by atoms with Crippen LogP contribution < -0.4 is 14.2 Å². The second kappa shape index (κ2) is 6.97. The van der Waals surface area contributed by atoms with Crippen molar-refractivity contribution in [2.24, 2.45) is 0 Å². The minimum atomic E-state index is -1.01. The van der Waals surface area contributed by atoms with Crippen LogP contribution in [-0.2, 0) is 0 Å². The highest BCUT2D eigenvalue weighted by molar-refractivity contribution is 5.51. The van der Waals surface area contributed by atoms with Gasteiger partial charge in [-0.2, -0.15) is 0 Å².